The van der Waals surface area contributed by atoms with Gasteiger partial charge in [0.25, 0.3) is 0 Å². The number of aliphatic hydroxyl groups is 1. The number of carbonyl (C=O) groups is 1. The number of rotatable bonds is 7. The van der Waals surface area contributed by atoms with Gasteiger partial charge in [0, 0.05) is 12.6 Å². The smallest absolute Gasteiger partial charge is 0.332 e. The summed E-state index contributed by atoms with van der Waals surface area (Å²) < 4.78 is 9.79. The van der Waals surface area contributed by atoms with E-state index in [2.05, 4.69) is 5.32 Å². The average molecular weight is 217 g/mol. The van der Waals surface area contributed by atoms with Gasteiger partial charge >= 0.3 is 5.97 Å². The first-order valence-electron chi connectivity index (χ1n) is 5.37. The molecule has 0 aromatic heterocycles. The minimum Gasteiger partial charge on any atom is -0.464 e. The zero-order valence-electron chi connectivity index (χ0n) is 9.07. The lowest BCUT2D eigenvalue weighted by Gasteiger charge is -2.32. The van der Waals surface area contributed by atoms with Gasteiger partial charge in [-0.15, -0.1) is 0 Å². The molecule has 0 spiro atoms. The average Bonchev–Trinajstić information content (AvgIpc) is 2.14. The first-order valence-corrected chi connectivity index (χ1v) is 5.37. The Balaban J connectivity index is 1.83. The minimum atomic E-state index is -0.323. The third kappa shape index (κ3) is 5.11. The molecule has 2 N–H and O–H groups in total. The van der Waals surface area contributed by atoms with E-state index in [1.165, 1.54) is 0 Å². The fourth-order valence-corrected chi connectivity index (χ4v) is 1.45. The van der Waals surface area contributed by atoms with Crippen molar-refractivity contribution in [2.75, 3.05) is 26.4 Å². The van der Waals surface area contributed by atoms with Crippen LogP contribution in [0.1, 0.15) is 19.8 Å². The maximum atomic E-state index is 10.8. The number of carbonyl (C=O) groups excluding carboxylic acids is 1. The highest BCUT2D eigenvalue weighted by atomic mass is 16.6. The van der Waals surface area contributed by atoms with E-state index in [4.69, 9.17) is 14.6 Å². The van der Waals surface area contributed by atoms with Crippen molar-refractivity contribution in [2.24, 2.45) is 0 Å². The summed E-state index contributed by atoms with van der Waals surface area (Å²) in [6.07, 6.45) is 1.50. The molecular weight excluding hydrogens is 198 g/mol. The van der Waals surface area contributed by atoms with Crippen LogP contribution in [0.25, 0.3) is 0 Å². The normalized spacial score (nSPS) is 24.7. The largest absolute Gasteiger partial charge is 0.464 e. The SMILES string of the molecule is CCOC(=O)COCCNC1CC(O)C1. The van der Waals surface area contributed by atoms with E-state index in [0.717, 1.165) is 12.8 Å². The van der Waals surface area contributed by atoms with Crippen molar-refractivity contribution in [3.8, 4) is 0 Å². The molecule has 1 aliphatic carbocycles. The summed E-state index contributed by atoms with van der Waals surface area (Å²) in [4.78, 5) is 10.8. The summed E-state index contributed by atoms with van der Waals surface area (Å²) >= 11 is 0. The van der Waals surface area contributed by atoms with Crippen molar-refractivity contribution < 1.29 is 19.4 Å². The van der Waals surface area contributed by atoms with Gasteiger partial charge in [0.15, 0.2) is 0 Å². The Morgan fingerprint density at radius 1 is 1.53 bits per heavy atom. The Hall–Kier alpha value is -0.650. The second-order valence-electron chi connectivity index (χ2n) is 3.63. The van der Waals surface area contributed by atoms with Crippen molar-refractivity contribution >= 4 is 5.97 Å². The van der Waals surface area contributed by atoms with Crippen molar-refractivity contribution in [1.82, 2.24) is 5.32 Å². The number of ether oxygens (including phenoxy) is 2. The number of nitrogens with one attached hydrogen (secondary N) is 1. The number of hydrogen-bond donors (Lipinski definition) is 2. The molecule has 0 unspecified atom stereocenters. The molecule has 0 bridgehead atoms. The molecule has 0 atom stereocenters. The number of esters is 1. The summed E-state index contributed by atoms with van der Waals surface area (Å²) in [6, 6.07) is 0.409. The predicted molar refractivity (Wildman–Crippen MR) is 54.5 cm³/mol. The quantitative estimate of drug-likeness (QED) is 0.452. The van der Waals surface area contributed by atoms with Crippen molar-refractivity contribution in [3.63, 3.8) is 0 Å². The van der Waals surface area contributed by atoms with E-state index >= 15 is 0 Å². The number of aliphatic hydroxyl groups excluding tert-OH is 1. The monoisotopic (exact) mass is 217 g/mol. The highest BCUT2D eigenvalue weighted by molar-refractivity contribution is 5.70. The van der Waals surface area contributed by atoms with Crippen LogP contribution < -0.4 is 5.32 Å². The highest BCUT2D eigenvalue weighted by Crippen LogP contribution is 2.18. The van der Waals surface area contributed by atoms with Crippen LogP contribution >= 0.6 is 0 Å². The van der Waals surface area contributed by atoms with Crippen LogP contribution in [-0.2, 0) is 14.3 Å². The van der Waals surface area contributed by atoms with E-state index in [9.17, 15) is 4.79 Å². The maximum Gasteiger partial charge on any atom is 0.332 e. The van der Waals surface area contributed by atoms with Gasteiger partial charge in [-0.25, -0.2) is 4.79 Å². The van der Waals surface area contributed by atoms with Gasteiger partial charge in [-0.1, -0.05) is 0 Å². The van der Waals surface area contributed by atoms with Crippen molar-refractivity contribution in [1.29, 1.82) is 0 Å². The summed E-state index contributed by atoms with van der Waals surface area (Å²) in [5, 5.41) is 12.2. The standard InChI is InChI=1S/C10H19NO4/c1-2-15-10(13)7-14-4-3-11-8-5-9(12)6-8/h8-9,11-12H,2-7H2,1H3. The molecule has 0 heterocycles. The van der Waals surface area contributed by atoms with Crippen molar-refractivity contribution in [3.05, 3.63) is 0 Å². The second kappa shape index (κ2) is 6.76. The van der Waals surface area contributed by atoms with Gasteiger partial charge in [0.05, 0.1) is 19.3 Å². The summed E-state index contributed by atoms with van der Waals surface area (Å²) in [5.74, 6) is -0.323. The van der Waals surface area contributed by atoms with Gasteiger partial charge in [0.2, 0.25) is 0 Å². The third-order valence-corrected chi connectivity index (χ3v) is 2.32. The maximum absolute atomic E-state index is 10.8. The van der Waals surface area contributed by atoms with Gasteiger partial charge < -0.3 is 19.9 Å². The van der Waals surface area contributed by atoms with Crippen molar-refractivity contribution in [2.45, 2.75) is 31.9 Å². The summed E-state index contributed by atoms with van der Waals surface area (Å²) in [7, 11) is 0. The van der Waals surface area contributed by atoms with Crippen LogP contribution in [0.5, 0.6) is 0 Å². The molecule has 0 aromatic rings. The van der Waals surface area contributed by atoms with Crippen LogP contribution in [0, 0.1) is 0 Å². The molecule has 1 fully saturated rings. The molecule has 0 aromatic carbocycles. The predicted octanol–water partition coefficient (Wildman–Crippen LogP) is -0.321. The van der Waals surface area contributed by atoms with Gasteiger partial charge in [-0.05, 0) is 19.8 Å². The van der Waals surface area contributed by atoms with E-state index in [1.54, 1.807) is 6.92 Å². The van der Waals surface area contributed by atoms with E-state index in [1.807, 2.05) is 0 Å². The molecule has 0 aliphatic heterocycles. The molecule has 0 saturated heterocycles. The zero-order valence-corrected chi connectivity index (χ0v) is 9.07. The molecule has 1 saturated carbocycles. The van der Waals surface area contributed by atoms with Crippen LogP contribution in [0.2, 0.25) is 0 Å². The molecule has 0 radical (unpaired) electrons. The van der Waals surface area contributed by atoms with Crippen LogP contribution in [-0.4, -0.2) is 49.6 Å². The molecule has 5 nitrogen and oxygen atoms in total. The molecule has 1 rings (SSSR count). The minimum absolute atomic E-state index is 0.0167. The first-order chi connectivity index (χ1) is 7.22. The van der Waals surface area contributed by atoms with Crippen LogP contribution in [0.3, 0.4) is 0 Å². The lowest BCUT2D eigenvalue weighted by atomic mass is 9.90. The second-order valence-corrected chi connectivity index (χ2v) is 3.63. The Morgan fingerprint density at radius 2 is 2.27 bits per heavy atom. The highest BCUT2D eigenvalue weighted by Gasteiger charge is 2.25. The Morgan fingerprint density at radius 3 is 2.87 bits per heavy atom. The van der Waals surface area contributed by atoms with Gasteiger partial charge in [0.1, 0.15) is 6.61 Å². The van der Waals surface area contributed by atoms with E-state index in [-0.39, 0.29) is 18.7 Å². The fourth-order valence-electron chi connectivity index (χ4n) is 1.45. The third-order valence-electron chi connectivity index (χ3n) is 2.32. The first kappa shape index (κ1) is 12.4. The molecule has 15 heavy (non-hydrogen) atoms. The lowest BCUT2D eigenvalue weighted by Crippen LogP contribution is -2.45. The number of hydrogen-bond acceptors (Lipinski definition) is 5. The zero-order chi connectivity index (χ0) is 11.1. The Kier molecular flexibility index (Phi) is 5.60. The molecule has 1 aliphatic rings. The van der Waals surface area contributed by atoms with Gasteiger partial charge in [-0.3, -0.25) is 0 Å². The summed E-state index contributed by atoms with van der Waals surface area (Å²) in [6.45, 7) is 3.37. The fraction of sp³-hybridized carbons (Fsp3) is 0.900. The lowest BCUT2D eigenvalue weighted by molar-refractivity contribution is -0.148. The van der Waals surface area contributed by atoms with Crippen LogP contribution in [0.15, 0.2) is 0 Å². The molecular formula is C10H19NO4. The topological polar surface area (TPSA) is 67.8 Å². The van der Waals surface area contributed by atoms with Crippen LogP contribution in [0.4, 0.5) is 0 Å². The summed E-state index contributed by atoms with van der Waals surface area (Å²) in [5.41, 5.74) is 0. The van der Waals surface area contributed by atoms with Gasteiger partial charge in [-0.2, -0.15) is 0 Å². The van der Waals surface area contributed by atoms with E-state index < -0.39 is 0 Å². The molecule has 88 valence electrons. The van der Waals surface area contributed by atoms with E-state index in [0.29, 0.717) is 25.8 Å². The molecule has 0 amide bonds. The Labute approximate surface area is 89.8 Å². The molecule has 5 heteroatoms. The Bertz CT molecular complexity index is 192.